The normalized spacial score (nSPS) is 19.1. The Bertz CT molecular complexity index is 1450. The number of amides is 2. The van der Waals surface area contributed by atoms with E-state index >= 15 is 0 Å². The average Bonchev–Trinajstić information content (AvgIpc) is 3.33. The van der Waals surface area contributed by atoms with Crippen molar-refractivity contribution in [2.75, 3.05) is 18.6 Å². The molecular weight excluding hydrogens is 518 g/mol. The topological polar surface area (TPSA) is 195 Å². The molecule has 186 valence electrons. The summed E-state index contributed by atoms with van der Waals surface area (Å²) in [5, 5.41) is 36.0. The molecule has 3 heterocycles. The maximum atomic E-state index is 13.0. The van der Waals surface area contributed by atoms with Crippen LogP contribution >= 0.6 is 23.1 Å². The van der Waals surface area contributed by atoms with Crippen molar-refractivity contribution < 1.29 is 24.3 Å². The number of aliphatic carboxylic acids is 1. The number of nitrogens with one attached hydrogen (secondary N) is 1. The third-order valence-electron chi connectivity index (χ3n) is 5.45. The number of carbonyl (C=O) groups is 3. The lowest BCUT2D eigenvalue weighted by atomic mass is 9.99. The van der Waals surface area contributed by atoms with Gasteiger partial charge in [0.15, 0.2) is 10.8 Å². The number of carboxylic acid groups (broad SMARTS) is 1. The Morgan fingerprint density at radius 3 is 2.59 bits per heavy atom. The number of β-lactam (4-membered cyclic amide) rings is 1. The van der Waals surface area contributed by atoms with Gasteiger partial charge in [-0.25, -0.2) is 9.78 Å². The van der Waals surface area contributed by atoms with Crippen LogP contribution in [-0.2, 0) is 19.2 Å². The van der Waals surface area contributed by atoms with Gasteiger partial charge < -0.3 is 21.0 Å². The van der Waals surface area contributed by atoms with Gasteiger partial charge in [0.1, 0.15) is 29.9 Å². The fourth-order valence-corrected chi connectivity index (χ4v) is 5.66. The predicted molar refractivity (Wildman–Crippen MR) is 135 cm³/mol. The van der Waals surface area contributed by atoms with E-state index in [1.165, 1.54) is 36.4 Å². The van der Waals surface area contributed by atoms with E-state index < -0.39 is 29.2 Å². The zero-order valence-corrected chi connectivity index (χ0v) is 20.7. The highest BCUT2D eigenvalue weighted by Gasteiger charge is 2.54. The molecule has 0 saturated carbocycles. The number of carboxylic acids is 1. The largest absolute Gasteiger partial charge is 0.477 e. The van der Waals surface area contributed by atoms with Crippen LogP contribution in [0.3, 0.4) is 0 Å². The van der Waals surface area contributed by atoms with Gasteiger partial charge in [-0.1, -0.05) is 23.4 Å². The molecule has 1 aromatic heterocycles. The molecule has 1 unspecified atom stereocenters. The lowest BCUT2D eigenvalue weighted by Crippen LogP contribution is -2.71. The summed E-state index contributed by atoms with van der Waals surface area (Å²) >= 11 is 2.36. The Kier molecular flexibility index (Phi) is 7.24. The van der Waals surface area contributed by atoms with Gasteiger partial charge >= 0.3 is 5.97 Å². The van der Waals surface area contributed by atoms with Gasteiger partial charge in [0.05, 0.1) is 23.3 Å². The van der Waals surface area contributed by atoms with E-state index in [4.69, 9.17) is 10.6 Å². The highest BCUT2D eigenvalue weighted by atomic mass is 32.2. The van der Waals surface area contributed by atoms with E-state index in [-0.39, 0.29) is 39.1 Å². The highest BCUT2D eigenvalue weighted by molar-refractivity contribution is 8.00. The van der Waals surface area contributed by atoms with Gasteiger partial charge in [-0.3, -0.25) is 14.5 Å². The van der Waals surface area contributed by atoms with Crippen molar-refractivity contribution in [2.45, 2.75) is 11.4 Å². The van der Waals surface area contributed by atoms with Gasteiger partial charge in [-0.15, -0.1) is 23.1 Å². The molecule has 4 N–H and O–H groups in total. The van der Waals surface area contributed by atoms with Crippen LogP contribution < -0.4 is 11.1 Å². The van der Waals surface area contributed by atoms with Crippen LogP contribution in [0, 0.1) is 22.7 Å². The van der Waals surface area contributed by atoms with Gasteiger partial charge in [0, 0.05) is 16.7 Å². The number of thiazole rings is 1. The standard InChI is InChI=1S/C23H17N7O5S2/c1-35-29-16(15-10-37-23(26)27-15)19(31)28-17-20(32)30-18(22(33)34)13(9-36-21(17)30)5-6-14-11(7-24)3-2-4-12(14)8-25/h2-6,10,17,21H,9H2,1H3,(H2,26,27)(H,28,31)(H,33,34)/t17?,21-/m0/s1. The molecule has 12 nitrogen and oxygen atoms in total. The molecule has 1 saturated heterocycles. The molecule has 4 rings (SSSR count). The Balaban J connectivity index is 1.59. The fraction of sp³-hybridized carbons (Fsp3) is 0.174. The number of nitrogens with zero attached hydrogens (tertiary/aromatic N) is 5. The molecule has 2 amide bonds. The number of thioether (sulfide) groups is 1. The summed E-state index contributed by atoms with van der Waals surface area (Å²) in [5.74, 6) is -2.46. The quantitative estimate of drug-likeness (QED) is 0.264. The summed E-state index contributed by atoms with van der Waals surface area (Å²) in [5.41, 5.74) is 6.58. The first-order valence-electron chi connectivity index (χ1n) is 10.5. The molecule has 0 bridgehead atoms. The summed E-state index contributed by atoms with van der Waals surface area (Å²) < 4.78 is 0. The van der Waals surface area contributed by atoms with Crippen molar-refractivity contribution in [2.24, 2.45) is 5.16 Å². The molecule has 2 aliphatic rings. The number of rotatable bonds is 7. The van der Waals surface area contributed by atoms with Crippen molar-refractivity contribution >= 4 is 57.8 Å². The number of oxime groups is 1. The zero-order chi connectivity index (χ0) is 26.7. The number of carbonyl (C=O) groups excluding carboxylic acids is 2. The summed E-state index contributed by atoms with van der Waals surface area (Å²) in [6.07, 6.45) is 2.98. The van der Waals surface area contributed by atoms with E-state index in [9.17, 15) is 30.0 Å². The molecule has 1 fully saturated rings. The minimum Gasteiger partial charge on any atom is -0.477 e. The van der Waals surface area contributed by atoms with Gasteiger partial charge in [-0.2, -0.15) is 10.5 Å². The molecule has 0 spiro atoms. The van der Waals surface area contributed by atoms with E-state index in [0.717, 1.165) is 16.2 Å². The van der Waals surface area contributed by atoms with Crippen molar-refractivity contribution in [1.29, 1.82) is 10.5 Å². The Labute approximate surface area is 218 Å². The first-order chi connectivity index (χ1) is 17.8. The van der Waals surface area contributed by atoms with Gasteiger partial charge in [0.25, 0.3) is 11.8 Å². The lowest BCUT2D eigenvalue weighted by Gasteiger charge is -2.49. The minimum absolute atomic E-state index is 0.176. The monoisotopic (exact) mass is 535 g/mol. The van der Waals surface area contributed by atoms with E-state index in [1.54, 1.807) is 18.2 Å². The van der Waals surface area contributed by atoms with Crippen molar-refractivity contribution in [1.82, 2.24) is 15.2 Å². The first kappa shape index (κ1) is 25.4. The van der Waals surface area contributed by atoms with Crippen molar-refractivity contribution in [3.8, 4) is 12.1 Å². The fourth-order valence-electron chi connectivity index (χ4n) is 3.80. The van der Waals surface area contributed by atoms with Gasteiger partial charge in [0.2, 0.25) is 0 Å². The van der Waals surface area contributed by atoms with Crippen LogP contribution in [0.1, 0.15) is 22.4 Å². The predicted octanol–water partition coefficient (Wildman–Crippen LogP) is 1.27. The summed E-state index contributed by atoms with van der Waals surface area (Å²) in [4.78, 5) is 47.8. The second-order valence-electron chi connectivity index (χ2n) is 7.56. The number of nitriles is 2. The molecule has 2 atom stereocenters. The maximum absolute atomic E-state index is 13.0. The van der Waals surface area contributed by atoms with Crippen LogP contribution in [0.4, 0.5) is 5.13 Å². The third kappa shape index (κ3) is 4.75. The number of nitrogen functional groups attached to an aromatic ring is 1. The van der Waals surface area contributed by atoms with Crippen LogP contribution in [-0.4, -0.2) is 62.8 Å². The van der Waals surface area contributed by atoms with Crippen LogP contribution in [0.5, 0.6) is 0 Å². The second-order valence-corrected chi connectivity index (χ2v) is 9.55. The summed E-state index contributed by atoms with van der Waals surface area (Å²) in [6.45, 7) is 0. The number of fused-ring (bicyclic) bond motifs is 1. The number of benzene rings is 1. The number of hydrogen-bond acceptors (Lipinski definition) is 11. The number of aromatic nitrogens is 1. The smallest absolute Gasteiger partial charge is 0.352 e. The number of hydrogen-bond donors (Lipinski definition) is 3. The Morgan fingerprint density at radius 1 is 1.32 bits per heavy atom. The minimum atomic E-state index is -1.32. The molecule has 37 heavy (non-hydrogen) atoms. The van der Waals surface area contributed by atoms with Crippen molar-refractivity contribution in [3.05, 3.63) is 63.3 Å². The lowest BCUT2D eigenvalue weighted by molar-refractivity contribution is -0.150. The molecule has 2 aliphatic heterocycles. The zero-order valence-electron chi connectivity index (χ0n) is 19.0. The van der Waals surface area contributed by atoms with Crippen LogP contribution in [0.25, 0.3) is 6.08 Å². The Hall–Kier alpha value is -4.66. The third-order valence-corrected chi connectivity index (χ3v) is 7.42. The molecule has 2 aromatic rings. The first-order valence-corrected chi connectivity index (χ1v) is 12.4. The van der Waals surface area contributed by atoms with E-state index in [2.05, 4.69) is 15.5 Å². The molecule has 0 aliphatic carbocycles. The maximum Gasteiger partial charge on any atom is 0.352 e. The SMILES string of the molecule is CON=C(C(=O)NC1C(=O)N2C(C(=O)O)=C(C=Cc3c(C#N)cccc3C#N)CS[C@@H]12)c1csc(N)n1. The highest BCUT2D eigenvalue weighted by Crippen LogP contribution is 2.41. The van der Waals surface area contributed by atoms with Crippen molar-refractivity contribution in [3.63, 3.8) is 0 Å². The van der Waals surface area contributed by atoms with E-state index in [0.29, 0.717) is 11.1 Å². The Morgan fingerprint density at radius 2 is 2.03 bits per heavy atom. The number of anilines is 1. The second kappa shape index (κ2) is 10.5. The summed E-state index contributed by atoms with van der Waals surface area (Å²) in [6, 6.07) is 7.69. The van der Waals surface area contributed by atoms with E-state index in [1.807, 2.05) is 12.1 Å². The average molecular weight is 536 g/mol. The van der Waals surface area contributed by atoms with Crippen LogP contribution in [0.15, 0.2) is 46.1 Å². The summed E-state index contributed by atoms with van der Waals surface area (Å²) in [7, 11) is 1.25. The number of nitrogens with two attached hydrogens (primary N) is 1. The van der Waals surface area contributed by atoms with Crippen LogP contribution in [0.2, 0.25) is 0 Å². The molecular formula is C23H17N7O5S2. The molecule has 0 radical (unpaired) electrons. The number of allylic oxidation sites excluding steroid dienone is 1. The molecule has 1 aromatic carbocycles. The van der Waals surface area contributed by atoms with Gasteiger partial charge in [-0.05, 0) is 17.7 Å². The molecule has 14 heteroatoms.